The second-order valence-corrected chi connectivity index (χ2v) is 5.92. The summed E-state index contributed by atoms with van der Waals surface area (Å²) >= 11 is 0. The smallest absolute Gasteiger partial charge is 0.255 e. The van der Waals surface area contributed by atoms with Crippen molar-refractivity contribution in [3.63, 3.8) is 0 Å². The van der Waals surface area contributed by atoms with E-state index >= 15 is 0 Å². The fourth-order valence-corrected chi connectivity index (χ4v) is 2.55. The van der Waals surface area contributed by atoms with Crippen molar-refractivity contribution in [2.24, 2.45) is 0 Å². The Labute approximate surface area is 138 Å². The molecule has 0 spiro atoms. The van der Waals surface area contributed by atoms with Crippen LogP contribution in [0.4, 0.5) is 5.69 Å². The van der Waals surface area contributed by atoms with Crippen LogP contribution in [0.1, 0.15) is 30.1 Å². The van der Waals surface area contributed by atoms with Gasteiger partial charge in [0, 0.05) is 52.2 Å². The maximum absolute atomic E-state index is 12.4. The van der Waals surface area contributed by atoms with Gasteiger partial charge in [0.25, 0.3) is 5.91 Å². The summed E-state index contributed by atoms with van der Waals surface area (Å²) in [7, 11) is 1.84. The highest BCUT2D eigenvalue weighted by Gasteiger charge is 2.13. The number of pyridine rings is 1. The summed E-state index contributed by atoms with van der Waals surface area (Å²) in [5.74, 6) is 0.0304. The fraction of sp³-hybridized carbons (Fsp3) is 0.647. The lowest BCUT2D eigenvalue weighted by Gasteiger charge is -2.26. The molecule has 1 fully saturated rings. The number of aromatic nitrogens is 1. The van der Waals surface area contributed by atoms with E-state index in [-0.39, 0.29) is 5.91 Å². The van der Waals surface area contributed by atoms with Crippen LogP contribution in [-0.4, -0.2) is 73.7 Å². The lowest BCUT2D eigenvalue weighted by atomic mass is 10.2. The van der Waals surface area contributed by atoms with Gasteiger partial charge in [-0.2, -0.15) is 0 Å². The monoisotopic (exact) mass is 320 g/mol. The van der Waals surface area contributed by atoms with Crippen molar-refractivity contribution in [2.45, 2.75) is 19.8 Å². The first-order valence-electron chi connectivity index (χ1n) is 8.45. The van der Waals surface area contributed by atoms with Crippen molar-refractivity contribution in [1.29, 1.82) is 0 Å². The zero-order valence-electron chi connectivity index (χ0n) is 14.3. The number of rotatable bonds is 8. The first-order chi connectivity index (χ1) is 11.2. The molecule has 1 amide bonds. The topological polar surface area (TPSA) is 57.7 Å². The summed E-state index contributed by atoms with van der Waals surface area (Å²) in [5, 5.41) is 3.35. The van der Waals surface area contributed by atoms with Gasteiger partial charge in [0.15, 0.2) is 0 Å². The Balaban J connectivity index is 1.82. The van der Waals surface area contributed by atoms with Crippen molar-refractivity contribution in [2.75, 3.05) is 58.3 Å². The Bertz CT molecular complexity index is 489. The molecule has 0 unspecified atom stereocenters. The number of carbonyl (C=O) groups is 1. The van der Waals surface area contributed by atoms with Crippen LogP contribution in [0.15, 0.2) is 18.5 Å². The van der Waals surface area contributed by atoms with E-state index in [2.05, 4.69) is 22.1 Å². The van der Waals surface area contributed by atoms with Gasteiger partial charge in [0.1, 0.15) is 0 Å². The lowest BCUT2D eigenvalue weighted by Crippen LogP contribution is -2.39. The summed E-state index contributed by atoms with van der Waals surface area (Å²) in [6.45, 7) is 8.32. The Morgan fingerprint density at radius 1 is 1.39 bits per heavy atom. The summed E-state index contributed by atoms with van der Waals surface area (Å²) in [6, 6.07) is 1.89. The Morgan fingerprint density at radius 3 is 2.91 bits per heavy atom. The number of unbranched alkanes of at least 4 members (excludes halogenated alkanes) is 1. The minimum absolute atomic E-state index is 0.0304. The highest BCUT2D eigenvalue weighted by atomic mass is 16.5. The molecule has 1 saturated heterocycles. The Morgan fingerprint density at radius 2 is 2.17 bits per heavy atom. The van der Waals surface area contributed by atoms with Gasteiger partial charge in [-0.25, -0.2) is 0 Å². The average molecular weight is 320 g/mol. The van der Waals surface area contributed by atoms with E-state index < -0.39 is 0 Å². The SMILES string of the molecule is CCCCN(C)C(=O)c1cncc(NCCN2CCOCC2)c1. The maximum atomic E-state index is 12.4. The first-order valence-corrected chi connectivity index (χ1v) is 8.45. The summed E-state index contributed by atoms with van der Waals surface area (Å²) in [4.78, 5) is 20.7. The van der Waals surface area contributed by atoms with Gasteiger partial charge in [-0.15, -0.1) is 0 Å². The van der Waals surface area contributed by atoms with Crippen LogP contribution in [-0.2, 0) is 4.74 Å². The molecule has 2 heterocycles. The van der Waals surface area contributed by atoms with Crippen LogP contribution in [0.5, 0.6) is 0 Å². The van der Waals surface area contributed by atoms with E-state index in [1.54, 1.807) is 17.3 Å². The minimum atomic E-state index is 0.0304. The third-order valence-corrected chi connectivity index (χ3v) is 4.04. The van der Waals surface area contributed by atoms with Crippen LogP contribution in [0, 0.1) is 0 Å². The molecule has 0 atom stereocenters. The Hall–Kier alpha value is -1.66. The third-order valence-electron chi connectivity index (χ3n) is 4.04. The highest BCUT2D eigenvalue weighted by Crippen LogP contribution is 2.11. The van der Waals surface area contributed by atoms with Crippen LogP contribution in [0.25, 0.3) is 0 Å². The van der Waals surface area contributed by atoms with Crippen LogP contribution in [0.2, 0.25) is 0 Å². The van der Waals surface area contributed by atoms with E-state index in [1.165, 1.54) is 0 Å². The first kappa shape index (κ1) is 17.7. The van der Waals surface area contributed by atoms with Crippen LogP contribution in [0.3, 0.4) is 0 Å². The van der Waals surface area contributed by atoms with Gasteiger partial charge in [-0.05, 0) is 12.5 Å². The van der Waals surface area contributed by atoms with Gasteiger partial charge in [-0.1, -0.05) is 13.3 Å². The second-order valence-electron chi connectivity index (χ2n) is 5.92. The summed E-state index contributed by atoms with van der Waals surface area (Å²) in [5.41, 5.74) is 1.54. The van der Waals surface area contributed by atoms with E-state index in [1.807, 2.05) is 13.1 Å². The molecule has 1 aromatic heterocycles. The molecule has 0 bridgehead atoms. The molecule has 1 N–H and O–H groups in total. The molecule has 23 heavy (non-hydrogen) atoms. The van der Waals surface area contributed by atoms with E-state index in [0.29, 0.717) is 5.56 Å². The Kier molecular flexibility index (Phi) is 7.29. The molecule has 0 aliphatic carbocycles. The number of hydrogen-bond donors (Lipinski definition) is 1. The second kappa shape index (κ2) is 9.47. The van der Waals surface area contributed by atoms with Crippen molar-refractivity contribution in [3.8, 4) is 0 Å². The van der Waals surface area contributed by atoms with Crippen molar-refractivity contribution in [3.05, 3.63) is 24.0 Å². The zero-order valence-corrected chi connectivity index (χ0v) is 14.3. The number of hydrogen-bond acceptors (Lipinski definition) is 5. The highest BCUT2D eigenvalue weighted by molar-refractivity contribution is 5.94. The van der Waals surface area contributed by atoms with Crippen molar-refractivity contribution in [1.82, 2.24) is 14.8 Å². The predicted molar refractivity (Wildman–Crippen MR) is 91.9 cm³/mol. The molecule has 6 nitrogen and oxygen atoms in total. The number of morpholine rings is 1. The molecule has 2 rings (SSSR count). The molecule has 128 valence electrons. The maximum Gasteiger partial charge on any atom is 0.255 e. The van der Waals surface area contributed by atoms with E-state index in [4.69, 9.17) is 4.74 Å². The van der Waals surface area contributed by atoms with Gasteiger partial charge >= 0.3 is 0 Å². The number of nitrogens with zero attached hydrogens (tertiary/aromatic N) is 3. The molecular weight excluding hydrogens is 292 g/mol. The molecular formula is C17H28N4O2. The molecule has 0 radical (unpaired) electrons. The van der Waals surface area contributed by atoms with E-state index in [9.17, 15) is 4.79 Å². The van der Waals surface area contributed by atoms with E-state index in [0.717, 1.165) is 64.5 Å². The summed E-state index contributed by atoms with van der Waals surface area (Å²) < 4.78 is 5.34. The standard InChI is InChI=1S/C17H28N4O2/c1-3-4-6-20(2)17(22)15-12-16(14-18-13-15)19-5-7-21-8-10-23-11-9-21/h12-14,19H,3-11H2,1-2H3. The number of anilines is 1. The number of carbonyl (C=O) groups excluding carboxylic acids is 1. The number of ether oxygens (including phenoxy) is 1. The molecule has 1 aliphatic rings. The molecule has 1 aromatic rings. The quantitative estimate of drug-likeness (QED) is 0.790. The fourth-order valence-electron chi connectivity index (χ4n) is 2.55. The largest absolute Gasteiger partial charge is 0.382 e. The molecule has 0 aromatic carbocycles. The van der Waals surface area contributed by atoms with Gasteiger partial charge < -0.3 is 15.0 Å². The molecule has 0 saturated carbocycles. The lowest BCUT2D eigenvalue weighted by molar-refractivity contribution is 0.0398. The third kappa shape index (κ3) is 5.80. The normalized spacial score (nSPS) is 15.4. The number of amides is 1. The molecule has 1 aliphatic heterocycles. The van der Waals surface area contributed by atoms with Gasteiger partial charge in [0.05, 0.1) is 24.5 Å². The van der Waals surface area contributed by atoms with Crippen molar-refractivity contribution >= 4 is 11.6 Å². The number of nitrogens with one attached hydrogen (secondary N) is 1. The van der Waals surface area contributed by atoms with Crippen LogP contribution < -0.4 is 5.32 Å². The van der Waals surface area contributed by atoms with Gasteiger partial charge in [0.2, 0.25) is 0 Å². The minimum Gasteiger partial charge on any atom is -0.382 e. The van der Waals surface area contributed by atoms with Gasteiger partial charge in [-0.3, -0.25) is 14.7 Å². The average Bonchev–Trinajstić information content (AvgIpc) is 2.60. The van der Waals surface area contributed by atoms with Crippen LogP contribution >= 0.6 is 0 Å². The summed E-state index contributed by atoms with van der Waals surface area (Å²) in [6.07, 6.45) is 5.51. The zero-order chi connectivity index (χ0) is 16.5. The van der Waals surface area contributed by atoms with Crippen molar-refractivity contribution < 1.29 is 9.53 Å². The molecule has 6 heteroatoms. The predicted octanol–water partition coefficient (Wildman–Crippen LogP) is 1.70.